The predicted octanol–water partition coefficient (Wildman–Crippen LogP) is 2.56. The molecule has 0 saturated carbocycles. The van der Waals surface area contributed by atoms with Gasteiger partial charge in [-0.25, -0.2) is 22.2 Å². The third-order valence-corrected chi connectivity index (χ3v) is 4.41. The number of hydrogen-bond acceptors (Lipinski definition) is 4. The normalized spacial score (nSPS) is 11.9. The number of methoxy groups -OCH3 is 1. The van der Waals surface area contributed by atoms with Crippen LogP contribution in [0.2, 0.25) is 0 Å². The molecule has 0 aliphatic carbocycles. The van der Waals surface area contributed by atoms with E-state index in [4.69, 9.17) is 15.4 Å². The van der Waals surface area contributed by atoms with Crippen LogP contribution in [-0.4, -0.2) is 20.5 Å². The van der Waals surface area contributed by atoms with Crippen molar-refractivity contribution in [2.45, 2.75) is 11.3 Å². The second kappa shape index (κ2) is 4.96. The molecule has 0 radical (unpaired) electrons. The van der Waals surface area contributed by atoms with Crippen molar-refractivity contribution in [1.29, 1.82) is 0 Å². The standard InChI is InChI=1S/C7H5ClF2INO3S/c1-15-6-4(11)3(16(8,13)14)2-12-5(6)7(9)10/h2,7H,1H3. The maximum atomic E-state index is 12.5. The molecule has 0 atom stereocenters. The molecule has 0 bridgehead atoms. The Morgan fingerprint density at radius 1 is 1.56 bits per heavy atom. The Hall–Kier alpha value is -0.220. The number of pyridine rings is 1. The highest BCUT2D eigenvalue weighted by atomic mass is 127. The Morgan fingerprint density at radius 3 is 2.50 bits per heavy atom. The van der Waals surface area contributed by atoms with Gasteiger partial charge in [0.15, 0.2) is 5.75 Å². The van der Waals surface area contributed by atoms with Crippen LogP contribution in [0.15, 0.2) is 11.1 Å². The molecule has 0 aliphatic heterocycles. The Morgan fingerprint density at radius 2 is 2.12 bits per heavy atom. The molecule has 0 aliphatic rings. The smallest absolute Gasteiger partial charge is 0.284 e. The van der Waals surface area contributed by atoms with Gasteiger partial charge in [0.25, 0.3) is 15.5 Å². The highest BCUT2D eigenvalue weighted by molar-refractivity contribution is 14.1. The van der Waals surface area contributed by atoms with E-state index in [-0.39, 0.29) is 14.2 Å². The van der Waals surface area contributed by atoms with E-state index in [0.29, 0.717) is 0 Å². The molecule has 1 rings (SSSR count). The minimum Gasteiger partial charge on any atom is -0.493 e. The fourth-order valence-corrected chi connectivity index (χ4v) is 3.72. The van der Waals surface area contributed by atoms with Crippen LogP contribution in [0.25, 0.3) is 0 Å². The van der Waals surface area contributed by atoms with Crippen molar-refractivity contribution in [2.24, 2.45) is 0 Å². The molecule has 0 amide bonds. The predicted molar refractivity (Wildman–Crippen MR) is 61.5 cm³/mol. The van der Waals surface area contributed by atoms with Crippen molar-refractivity contribution < 1.29 is 21.9 Å². The third-order valence-electron chi connectivity index (χ3n) is 1.64. The second-order valence-electron chi connectivity index (χ2n) is 2.59. The number of alkyl halides is 2. The summed E-state index contributed by atoms with van der Waals surface area (Å²) in [6.07, 6.45) is -2.07. The van der Waals surface area contributed by atoms with Gasteiger partial charge in [0.1, 0.15) is 10.6 Å². The summed E-state index contributed by atoms with van der Waals surface area (Å²) in [5, 5.41) is 0. The molecule has 0 saturated heterocycles. The first-order valence-corrected chi connectivity index (χ1v) is 7.13. The zero-order valence-corrected chi connectivity index (χ0v) is 11.5. The third kappa shape index (κ3) is 2.72. The molecule has 9 heteroatoms. The molecule has 0 unspecified atom stereocenters. The van der Waals surface area contributed by atoms with E-state index in [1.807, 2.05) is 0 Å². The molecule has 0 N–H and O–H groups in total. The van der Waals surface area contributed by atoms with E-state index in [1.54, 1.807) is 22.6 Å². The van der Waals surface area contributed by atoms with Gasteiger partial charge < -0.3 is 4.74 Å². The fraction of sp³-hybridized carbons (Fsp3) is 0.286. The van der Waals surface area contributed by atoms with Crippen LogP contribution < -0.4 is 4.74 Å². The fourth-order valence-electron chi connectivity index (χ4n) is 0.987. The van der Waals surface area contributed by atoms with E-state index >= 15 is 0 Å². The van der Waals surface area contributed by atoms with Crippen LogP contribution in [0.1, 0.15) is 12.1 Å². The Balaban J connectivity index is 3.53. The van der Waals surface area contributed by atoms with E-state index in [1.165, 1.54) is 0 Å². The summed E-state index contributed by atoms with van der Waals surface area (Å²) in [6.45, 7) is 0. The minimum atomic E-state index is -4.03. The average Bonchev–Trinajstić information content (AvgIpc) is 2.14. The van der Waals surface area contributed by atoms with Crippen molar-refractivity contribution in [3.05, 3.63) is 15.5 Å². The van der Waals surface area contributed by atoms with Gasteiger partial charge in [0.05, 0.1) is 10.7 Å². The van der Waals surface area contributed by atoms with Gasteiger partial charge in [-0.15, -0.1) is 0 Å². The number of aromatic nitrogens is 1. The Kier molecular flexibility index (Phi) is 4.29. The summed E-state index contributed by atoms with van der Waals surface area (Å²) < 4.78 is 51.8. The van der Waals surface area contributed by atoms with Gasteiger partial charge in [-0.3, -0.25) is 0 Å². The molecule has 16 heavy (non-hydrogen) atoms. The first-order valence-electron chi connectivity index (χ1n) is 3.74. The monoisotopic (exact) mass is 383 g/mol. The number of halogens is 4. The molecule has 0 aromatic carbocycles. The quantitative estimate of drug-likeness (QED) is 0.595. The van der Waals surface area contributed by atoms with Crippen LogP contribution in [0, 0.1) is 3.57 Å². The molecule has 1 aromatic rings. The lowest BCUT2D eigenvalue weighted by Gasteiger charge is -2.10. The molecule has 90 valence electrons. The number of hydrogen-bond donors (Lipinski definition) is 0. The number of ether oxygens (including phenoxy) is 1. The first-order chi connectivity index (χ1) is 7.29. The second-order valence-corrected chi connectivity index (χ2v) is 6.21. The van der Waals surface area contributed by atoms with Gasteiger partial charge in [-0.1, -0.05) is 0 Å². The van der Waals surface area contributed by atoms with E-state index in [0.717, 1.165) is 13.3 Å². The summed E-state index contributed by atoms with van der Waals surface area (Å²) in [6, 6.07) is 0. The van der Waals surface area contributed by atoms with Crippen molar-refractivity contribution in [1.82, 2.24) is 4.98 Å². The Bertz CT molecular complexity index is 509. The highest BCUT2D eigenvalue weighted by Gasteiger charge is 2.25. The summed E-state index contributed by atoms with van der Waals surface area (Å²) in [7, 11) is 2.23. The summed E-state index contributed by atoms with van der Waals surface area (Å²) in [4.78, 5) is 2.98. The van der Waals surface area contributed by atoms with Crippen molar-refractivity contribution >= 4 is 42.3 Å². The minimum absolute atomic E-state index is 0.0135. The summed E-state index contributed by atoms with van der Waals surface area (Å²) >= 11 is 1.56. The molecule has 0 fully saturated rings. The van der Waals surface area contributed by atoms with Gasteiger partial charge in [-0.05, 0) is 22.6 Å². The summed E-state index contributed by atoms with van der Waals surface area (Å²) in [5.41, 5.74) is -0.615. The number of nitrogens with zero attached hydrogens (tertiary/aromatic N) is 1. The summed E-state index contributed by atoms with van der Waals surface area (Å²) in [5.74, 6) is -0.280. The largest absolute Gasteiger partial charge is 0.493 e. The van der Waals surface area contributed by atoms with Crippen LogP contribution in [0.5, 0.6) is 5.75 Å². The van der Waals surface area contributed by atoms with Crippen LogP contribution in [-0.2, 0) is 9.05 Å². The van der Waals surface area contributed by atoms with Crippen LogP contribution in [0.4, 0.5) is 8.78 Å². The molecule has 4 nitrogen and oxygen atoms in total. The van der Waals surface area contributed by atoms with Crippen LogP contribution >= 0.6 is 33.3 Å². The van der Waals surface area contributed by atoms with Gasteiger partial charge >= 0.3 is 0 Å². The molecular weight excluding hydrogens is 379 g/mol. The van der Waals surface area contributed by atoms with Gasteiger partial charge in [0.2, 0.25) is 0 Å². The zero-order chi connectivity index (χ0) is 12.5. The lowest BCUT2D eigenvalue weighted by atomic mass is 10.3. The number of rotatable bonds is 3. The average molecular weight is 384 g/mol. The topological polar surface area (TPSA) is 56.3 Å². The lowest BCUT2D eigenvalue weighted by molar-refractivity contribution is 0.141. The zero-order valence-electron chi connectivity index (χ0n) is 7.75. The molecule has 0 spiro atoms. The molecular formula is C7H5ClF2INO3S. The van der Waals surface area contributed by atoms with Crippen molar-refractivity contribution in [2.75, 3.05) is 7.11 Å². The maximum absolute atomic E-state index is 12.5. The van der Waals surface area contributed by atoms with E-state index in [2.05, 4.69) is 4.98 Å². The first kappa shape index (κ1) is 13.8. The van der Waals surface area contributed by atoms with Gasteiger partial charge in [-0.2, -0.15) is 0 Å². The molecule has 1 heterocycles. The maximum Gasteiger partial charge on any atom is 0.284 e. The molecule has 1 aromatic heterocycles. The van der Waals surface area contributed by atoms with Crippen molar-refractivity contribution in [3.8, 4) is 5.75 Å². The van der Waals surface area contributed by atoms with Crippen LogP contribution in [0.3, 0.4) is 0 Å². The van der Waals surface area contributed by atoms with Gasteiger partial charge in [0, 0.05) is 16.9 Å². The van der Waals surface area contributed by atoms with E-state index < -0.39 is 21.2 Å². The lowest BCUT2D eigenvalue weighted by Crippen LogP contribution is -2.04. The van der Waals surface area contributed by atoms with Crippen molar-refractivity contribution in [3.63, 3.8) is 0 Å². The van der Waals surface area contributed by atoms with E-state index in [9.17, 15) is 17.2 Å². The Labute approximate surface area is 109 Å². The SMILES string of the molecule is COc1c(C(F)F)ncc(S(=O)(=O)Cl)c1I. The highest BCUT2D eigenvalue weighted by Crippen LogP contribution is 2.35.